The third kappa shape index (κ3) is 3.19. The number of benzene rings is 1. The van der Waals surface area contributed by atoms with Crippen LogP contribution in [0.1, 0.15) is 30.0 Å². The van der Waals surface area contributed by atoms with Gasteiger partial charge in [0.15, 0.2) is 6.54 Å². The monoisotopic (exact) mass is 275 g/mol. The normalized spacial score (nSPS) is 23.1. The summed E-state index contributed by atoms with van der Waals surface area (Å²) >= 11 is 0. The minimum absolute atomic E-state index is 0.170. The summed E-state index contributed by atoms with van der Waals surface area (Å²) < 4.78 is 5.33. The fourth-order valence-electron chi connectivity index (χ4n) is 3.21. The molecule has 20 heavy (non-hydrogen) atoms. The molecule has 1 heterocycles. The molecule has 1 aromatic rings. The molecule has 3 rings (SSSR count). The lowest BCUT2D eigenvalue weighted by molar-refractivity contribution is -0.900. The van der Waals surface area contributed by atoms with Gasteiger partial charge in [-0.3, -0.25) is 4.79 Å². The number of quaternary nitrogens is 1. The third-order valence-corrected chi connectivity index (χ3v) is 4.32. The molecule has 0 unspecified atom stereocenters. The second-order valence-electron chi connectivity index (χ2n) is 5.75. The Morgan fingerprint density at radius 2 is 2.10 bits per heavy atom. The zero-order valence-electron chi connectivity index (χ0n) is 11.9. The van der Waals surface area contributed by atoms with Gasteiger partial charge in [-0.1, -0.05) is 24.3 Å². The Morgan fingerprint density at radius 1 is 1.30 bits per heavy atom. The zero-order chi connectivity index (χ0) is 13.8. The highest BCUT2D eigenvalue weighted by molar-refractivity contribution is 5.77. The predicted octanol–water partition coefficient (Wildman–Crippen LogP) is 0.0953. The van der Waals surface area contributed by atoms with Gasteiger partial charge >= 0.3 is 0 Å². The first kappa shape index (κ1) is 13.6. The molecule has 1 aliphatic heterocycles. The Bertz CT molecular complexity index is 469. The van der Waals surface area contributed by atoms with Crippen molar-refractivity contribution in [3.8, 4) is 0 Å². The van der Waals surface area contributed by atoms with E-state index in [4.69, 9.17) is 4.74 Å². The molecular formula is C16H23N2O2+. The van der Waals surface area contributed by atoms with Crippen LogP contribution in [0.2, 0.25) is 0 Å². The summed E-state index contributed by atoms with van der Waals surface area (Å²) in [4.78, 5) is 13.5. The number of rotatable bonds is 3. The number of hydrogen-bond acceptors (Lipinski definition) is 2. The second-order valence-corrected chi connectivity index (χ2v) is 5.75. The summed E-state index contributed by atoms with van der Waals surface area (Å²) in [7, 11) is 0. The molecule has 0 saturated carbocycles. The van der Waals surface area contributed by atoms with Crippen LogP contribution in [0.5, 0.6) is 0 Å². The van der Waals surface area contributed by atoms with Crippen LogP contribution in [-0.4, -0.2) is 38.8 Å². The van der Waals surface area contributed by atoms with Crippen molar-refractivity contribution in [2.24, 2.45) is 0 Å². The number of carbonyl (C=O) groups excluding carboxylic acids is 1. The van der Waals surface area contributed by atoms with Crippen LogP contribution >= 0.6 is 0 Å². The number of amides is 1. The minimum Gasteiger partial charge on any atom is -0.370 e. The number of hydrogen-bond donors (Lipinski definition) is 2. The predicted molar refractivity (Wildman–Crippen MR) is 76.6 cm³/mol. The fraction of sp³-hybridized carbons (Fsp3) is 0.562. The van der Waals surface area contributed by atoms with Gasteiger partial charge in [-0.05, 0) is 30.4 Å². The van der Waals surface area contributed by atoms with Crippen LogP contribution in [0.4, 0.5) is 0 Å². The molecule has 1 fully saturated rings. The topological polar surface area (TPSA) is 42.8 Å². The average molecular weight is 275 g/mol. The van der Waals surface area contributed by atoms with Crippen LogP contribution in [0.25, 0.3) is 0 Å². The van der Waals surface area contributed by atoms with Gasteiger partial charge in [0.25, 0.3) is 5.91 Å². The molecule has 2 N–H and O–H groups in total. The largest absolute Gasteiger partial charge is 0.370 e. The lowest BCUT2D eigenvalue weighted by Crippen LogP contribution is -3.15. The van der Waals surface area contributed by atoms with E-state index in [2.05, 4.69) is 29.6 Å². The van der Waals surface area contributed by atoms with Gasteiger partial charge in [0, 0.05) is 0 Å². The Morgan fingerprint density at radius 3 is 2.95 bits per heavy atom. The quantitative estimate of drug-likeness (QED) is 0.821. The molecule has 1 aliphatic carbocycles. The lowest BCUT2D eigenvalue weighted by atomic mass is 9.88. The van der Waals surface area contributed by atoms with E-state index in [0.717, 1.165) is 45.6 Å². The van der Waals surface area contributed by atoms with E-state index in [-0.39, 0.29) is 11.9 Å². The molecule has 0 radical (unpaired) electrons. The maximum atomic E-state index is 12.2. The maximum absolute atomic E-state index is 12.2. The summed E-state index contributed by atoms with van der Waals surface area (Å²) in [5.41, 5.74) is 2.70. The van der Waals surface area contributed by atoms with Crippen LogP contribution in [-0.2, 0) is 16.0 Å². The first-order chi connectivity index (χ1) is 9.83. The molecule has 108 valence electrons. The molecule has 2 aliphatic rings. The van der Waals surface area contributed by atoms with Crippen LogP contribution in [0.15, 0.2) is 24.3 Å². The van der Waals surface area contributed by atoms with Gasteiger partial charge in [-0.15, -0.1) is 0 Å². The van der Waals surface area contributed by atoms with Crippen molar-refractivity contribution in [1.29, 1.82) is 0 Å². The molecule has 1 atom stereocenters. The average Bonchev–Trinajstić information content (AvgIpc) is 2.48. The SMILES string of the molecule is O=C(C[NH+]1CCOCC1)N[C@H]1CCCc2ccccc21. The minimum atomic E-state index is 0.170. The standard InChI is InChI=1S/C16H22N2O2/c19-16(12-18-8-10-20-11-9-18)17-15-7-3-5-13-4-1-2-6-14(13)15/h1-2,4,6,15H,3,5,7-12H2,(H,17,19)/p+1/t15-/m0/s1. The molecule has 1 aromatic carbocycles. The summed E-state index contributed by atoms with van der Waals surface area (Å²) in [6.07, 6.45) is 3.35. The molecule has 1 amide bonds. The number of fused-ring (bicyclic) bond motifs is 1. The highest BCUT2D eigenvalue weighted by atomic mass is 16.5. The van der Waals surface area contributed by atoms with Crippen LogP contribution in [0, 0.1) is 0 Å². The first-order valence-electron chi connectivity index (χ1n) is 7.61. The molecule has 0 spiro atoms. The summed E-state index contributed by atoms with van der Waals surface area (Å²) in [5.74, 6) is 0.170. The number of nitrogens with one attached hydrogen (secondary N) is 2. The highest BCUT2D eigenvalue weighted by Crippen LogP contribution is 2.29. The highest BCUT2D eigenvalue weighted by Gasteiger charge is 2.24. The molecule has 4 nitrogen and oxygen atoms in total. The summed E-state index contributed by atoms with van der Waals surface area (Å²) in [5, 5.41) is 3.22. The van der Waals surface area contributed by atoms with Gasteiger partial charge in [0.1, 0.15) is 13.1 Å². The Labute approximate surface area is 120 Å². The van der Waals surface area contributed by atoms with Gasteiger partial charge < -0.3 is 15.0 Å². The molecule has 4 heteroatoms. The summed E-state index contributed by atoms with van der Waals surface area (Å²) in [6.45, 7) is 4.00. The third-order valence-electron chi connectivity index (χ3n) is 4.32. The van der Waals surface area contributed by atoms with E-state index < -0.39 is 0 Å². The van der Waals surface area contributed by atoms with Crippen molar-refractivity contribution >= 4 is 5.91 Å². The molecule has 0 bridgehead atoms. The fourth-order valence-corrected chi connectivity index (χ4v) is 3.21. The van der Waals surface area contributed by atoms with E-state index in [0.29, 0.717) is 6.54 Å². The van der Waals surface area contributed by atoms with Gasteiger partial charge in [-0.25, -0.2) is 0 Å². The molecular weight excluding hydrogens is 252 g/mol. The number of morpholine rings is 1. The van der Waals surface area contributed by atoms with E-state index in [9.17, 15) is 4.79 Å². The van der Waals surface area contributed by atoms with Crippen LogP contribution in [0.3, 0.4) is 0 Å². The Balaban J connectivity index is 1.59. The maximum Gasteiger partial charge on any atom is 0.275 e. The first-order valence-corrected chi connectivity index (χ1v) is 7.61. The van der Waals surface area contributed by atoms with Crippen molar-refractivity contribution in [1.82, 2.24) is 5.32 Å². The zero-order valence-corrected chi connectivity index (χ0v) is 11.9. The number of carbonyl (C=O) groups is 1. The lowest BCUT2D eigenvalue weighted by Gasteiger charge is -2.28. The number of ether oxygens (including phenoxy) is 1. The Kier molecular flexibility index (Phi) is 4.33. The number of aryl methyl sites for hydroxylation is 1. The van der Waals surface area contributed by atoms with Gasteiger partial charge in [0.05, 0.1) is 19.3 Å². The second kappa shape index (κ2) is 6.37. The van der Waals surface area contributed by atoms with E-state index in [1.807, 2.05) is 0 Å². The van der Waals surface area contributed by atoms with Crippen molar-refractivity contribution in [2.45, 2.75) is 25.3 Å². The molecule has 0 aromatic heterocycles. The van der Waals surface area contributed by atoms with E-state index in [1.54, 1.807) is 0 Å². The van der Waals surface area contributed by atoms with Gasteiger partial charge in [-0.2, -0.15) is 0 Å². The Hall–Kier alpha value is -1.39. The van der Waals surface area contributed by atoms with Crippen LogP contribution < -0.4 is 10.2 Å². The van der Waals surface area contributed by atoms with E-state index in [1.165, 1.54) is 16.0 Å². The van der Waals surface area contributed by atoms with Crippen molar-refractivity contribution < 1.29 is 14.4 Å². The van der Waals surface area contributed by atoms with Crippen molar-refractivity contribution in [2.75, 3.05) is 32.8 Å². The summed E-state index contributed by atoms with van der Waals surface area (Å²) in [6, 6.07) is 8.69. The van der Waals surface area contributed by atoms with Crippen molar-refractivity contribution in [3.63, 3.8) is 0 Å². The molecule has 1 saturated heterocycles. The smallest absolute Gasteiger partial charge is 0.275 e. The van der Waals surface area contributed by atoms with E-state index >= 15 is 0 Å². The van der Waals surface area contributed by atoms with Gasteiger partial charge in [0.2, 0.25) is 0 Å². The van der Waals surface area contributed by atoms with Crippen molar-refractivity contribution in [3.05, 3.63) is 35.4 Å².